The molecule has 0 atom stereocenters. The second-order valence-corrected chi connectivity index (χ2v) is 9.20. The predicted octanol–water partition coefficient (Wildman–Crippen LogP) is 5.78. The zero-order valence-electron chi connectivity index (χ0n) is 16.7. The highest BCUT2D eigenvalue weighted by molar-refractivity contribution is 9.10. The third-order valence-electron chi connectivity index (χ3n) is 4.60. The molecule has 33 heavy (non-hydrogen) atoms. The van der Waals surface area contributed by atoms with Crippen LogP contribution in [0.5, 0.6) is 0 Å². The lowest BCUT2D eigenvalue weighted by molar-refractivity contribution is -0.133. The Hall–Kier alpha value is -3.14. The van der Waals surface area contributed by atoms with Gasteiger partial charge in [-0.05, 0) is 66.7 Å². The zero-order valence-corrected chi connectivity index (χ0v) is 20.7. The van der Waals surface area contributed by atoms with Crippen LogP contribution in [0.25, 0.3) is 10.9 Å². The first-order valence-electron chi connectivity index (χ1n) is 9.56. The highest BCUT2D eigenvalue weighted by atomic mass is 79.9. The molecule has 7 nitrogen and oxygen atoms in total. The summed E-state index contributed by atoms with van der Waals surface area (Å²) in [7, 11) is 0. The maximum Gasteiger partial charge on any atom is 0.328 e. The van der Waals surface area contributed by atoms with E-state index in [4.69, 9.17) is 11.6 Å². The molecule has 0 saturated heterocycles. The summed E-state index contributed by atoms with van der Waals surface area (Å²) in [5, 5.41) is 6.39. The minimum absolute atomic E-state index is 0.148. The molecule has 0 fully saturated rings. The monoisotopic (exact) mass is 588 g/mol. The molecule has 0 saturated carbocycles. The summed E-state index contributed by atoms with van der Waals surface area (Å²) in [6, 6.07) is 20.4. The first-order valence-corrected chi connectivity index (χ1v) is 11.5. The smallest absolute Gasteiger partial charge is 0.321 e. The fraction of sp³-hybridized carbons (Fsp3) is 0. The van der Waals surface area contributed by atoms with E-state index in [0.717, 1.165) is 8.95 Å². The first kappa shape index (κ1) is 23.0. The van der Waals surface area contributed by atoms with Gasteiger partial charge in [0.15, 0.2) is 0 Å². The van der Waals surface area contributed by atoms with Crippen molar-refractivity contribution in [2.75, 3.05) is 16.1 Å². The SMILES string of the molecule is O=C(Nc1cccc(Cl)c1)C(=O)Nn1c(C(=O)Nc2ccc(Br)cc2)cc2cc(Br)ccc21. The molecule has 1 heterocycles. The van der Waals surface area contributed by atoms with E-state index in [1.165, 1.54) is 10.7 Å². The second-order valence-electron chi connectivity index (χ2n) is 6.93. The Morgan fingerprint density at radius 3 is 2.21 bits per heavy atom. The Bertz CT molecular complexity index is 1390. The molecule has 0 aliphatic carbocycles. The third kappa shape index (κ3) is 5.44. The number of amides is 3. The van der Waals surface area contributed by atoms with Gasteiger partial charge >= 0.3 is 11.8 Å². The maximum absolute atomic E-state index is 13.0. The van der Waals surface area contributed by atoms with Crippen LogP contribution >= 0.6 is 43.5 Å². The van der Waals surface area contributed by atoms with E-state index in [0.29, 0.717) is 27.3 Å². The van der Waals surface area contributed by atoms with Gasteiger partial charge in [0.2, 0.25) is 0 Å². The van der Waals surface area contributed by atoms with Crippen molar-refractivity contribution in [3.05, 3.63) is 92.5 Å². The second kappa shape index (κ2) is 9.78. The molecule has 4 rings (SSSR count). The summed E-state index contributed by atoms with van der Waals surface area (Å²) >= 11 is 12.7. The molecular weight excluding hydrogens is 576 g/mol. The van der Waals surface area contributed by atoms with Gasteiger partial charge in [-0.2, -0.15) is 0 Å². The summed E-state index contributed by atoms with van der Waals surface area (Å²) in [6.45, 7) is 0. The van der Waals surface area contributed by atoms with Crippen molar-refractivity contribution in [2.24, 2.45) is 0 Å². The number of benzene rings is 3. The number of hydrogen-bond acceptors (Lipinski definition) is 3. The number of carbonyl (C=O) groups is 3. The van der Waals surface area contributed by atoms with Crippen molar-refractivity contribution in [3.8, 4) is 0 Å². The fourth-order valence-electron chi connectivity index (χ4n) is 3.11. The molecular formula is C23H15Br2ClN4O3. The topological polar surface area (TPSA) is 92.2 Å². The normalized spacial score (nSPS) is 10.6. The minimum atomic E-state index is -0.951. The summed E-state index contributed by atoms with van der Waals surface area (Å²) in [4.78, 5) is 38.1. The quantitative estimate of drug-likeness (QED) is 0.263. The minimum Gasteiger partial charge on any atom is -0.321 e. The lowest BCUT2D eigenvalue weighted by Crippen LogP contribution is -2.36. The van der Waals surface area contributed by atoms with Crippen LogP contribution in [-0.2, 0) is 9.59 Å². The Labute approximate surface area is 210 Å². The van der Waals surface area contributed by atoms with Crippen LogP contribution in [0.1, 0.15) is 10.5 Å². The molecule has 0 spiro atoms. The van der Waals surface area contributed by atoms with E-state index in [-0.39, 0.29) is 5.69 Å². The number of halogens is 3. The molecule has 1 aromatic heterocycles. The molecule has 3 amide bonds. The van der Waals surface area contributed by atoms with E-state index in [1.54, 1.807) is 66.7 Å². The van der Waals surface area contributed by atoms with Gasteiger partial charge in [0.1, 0.15) is 5.69 Å². The van der Waals surface area contributed by atoms with Crippen LogP contribution < -0.4 is 16.1 Å². The summed E-state index contributed by atoms with van der Waals surface area (Å²) in [5.74, 6) is -2.32. The average Bonchev–Trinajstić information content (AvgIpc) is 3.12. The number of rotatable bonds is 4. The van der Waals surface area contributed by atoms with Gasteiger partial charge in [-0.15, -0.1) is 0 Å². The Balaban J connectivity index is 1.62. The molecule has 0 bridgehead atoms. The lowest BCUT2D eigenvalue weighted by Gasteiger charge is -2.13. The van der Waals surface area contributed by atoms with Crippen LogP contribution in [0.4, 0.5) is 11.4 Å². The van der Waals surface area contributed by atoms with Crippen LogP contribution in [0, 0.1) is 0 Å². The highest BCUT2D eigenvalue weighted by Gasteiger charge is 2.21. The first-order chi connectivity index (χ1) is 15.8. The van der Waals surface area contributed by atoms with E-state index in [9.17, 15) is 14.4 Å². The summed E-state index contributed by atoms with van der Waals surface area (Å²) in [5.41, 5.74) is 4.15. The van der Waals surface area contributed by atoms with Crippen LogP contribution in [0.2, 0.25) is 5.02 Å². The van der Waals surface area contributed by atoms with Gasteiger partial charge in [0, 0.05) is 30.7 Å². The zero-order chi connectivity index (χ0) is 23.5. The standard InChI is InChI=1S/C23H15Br2ClN4O3/c24-14-4-7-17(8-5-14)27-21(31)20-11-13-10-15(25)6-9-19(13)30(20)29-23(33)22(32)28-18-3-1-2-16(26)12-18/h1-12H,(H,27,31)(H,28,32)(H,29,33). The van der Waals surface area contributed by atoms with Crippen molar-refractivity contribution in [2.45, 2.75) is 0 Å². The van der Waals surface area contributed by atoms with Crippen molar-refractivity contribution >= 4 is 83.5 Å². The van der Waals surface area contributed by atoms with Gasteiger partial charge in [-0.25, -0.2) is 4.68 Å². The molecule has 0 radical (unpaired) electrons. The Kier molecular flexibility index (Phi) is 6.83. The van der Waals surface area contributed by atoms with E-state index >= 15 is 0 Å². The van der Waals surface area contributed by atoms with Crippen LogP contribution in [0.3, 0.4) is 0 Å². The Morgan fingerprint density at radius 2 is 1.48 bits per heavy atom. The predicted molar refractivity (Wildman–Crippen MR) is 136 cm³/mol. The number of anilines is 2. The van der Waals surface area contributed by atoms with E-state index in [2.05, 4.69) is 47.9 Å². The largest absolute Gasteiger partial charge is 0.328 e. The van der Waals surface area contributed by atoms with Gasteiger partial charge in [-0.1, -0.05) is 49.5 Å². The van der Waals surface area contributed by atoms with Crippen LogP contribution in [0.15, 0.2) is 81.7 Å². The summed E-state index contributed by atoms with van der Waals surface area (Å²) < 4.78 is 2.96. The molecule has 0 unspecified atom stereocenters. The van der Waals surface area contributed by atoms with E-state index < -0.39 is 17.7 Å². The highest BCUT2D eigenvalue weighted by Crippen LogP contribution is 2.24. The number of carbonyl (C=O) groups excluding carboxylic acids is 3. The van der Waals surface area contributed by atoms with Gasteiger partial charge in [0.25, 0.3) is 5.91 Å². The molecule has 3 N–H and O–H groups in total. The number of nitrogens with zero attached hydrogens (tertiary/aromatic N) is 1. The molecule has 3 aromatic carbocycles. The number of hydrogen-bond donors (Lipinski definition) is 3. The van der Waals surface area contributed by atoms with Gasteiger partial charge in [0.05, 0.1) is 5.52 Å². The molecule has 0 aliphatic rings. The average molecular weight is 591 g/mol. The van der Waals surface area contributed by atoms with Gasteiger partial charge < -0.3 is 10.6 Å². The van der Waals surface area contributed by atoms with Crippen molar-refractivity contribution in [1.82, 2.24) is 4.68 Å². The molecule has 0 aliphatic heterocycles. The van der Waals surface area contributed by atoms with Gasteiger partial charge in [-0.3, -0.25) is 19.8 Å². The molecule has 4 aromatic rings. The fourth-order valence-corrected chi connectivity index (χ4v) is 3.94. The third-order valence-corrected chi connectivity index (χ3v) is 5.86. The Morgan fingerprint density at radius 1 is 0.758 bits per heavy atom. The van der Waals surface area contributed by atoms with E-state index in [1.807, 2.05) is 0 Å². The number of nitrogens with one attached hydrogen (secondary N) is 3. The maximum atomic E-state index is 13.0. The summed E-state index contributed by atoms with van der Waals surface area (Å²) in [6.07, 6.45) is 0. The lowest BCUT2D eigenvalue weighted by atomic mass is 10.2. The molecule has 10 heteroatoms. The van der Waals surface area contributed by atoms with Crippen molar-refractivity contribution < 1.29 is 14.4 Å². The van der Waals surface area contributed by atoms with Crippen LogP contribution in [-0.4, -0.2) is 22.4 Å². The van der Waals surface area contributed by atoms with Crippen molar-refractivity contribution in [1.29, 1.82) is 0 Å². The number of aromatic nitrogens is 1. The number of fused-ring (bicyclic) bond motifs is 1. The molecule has 166 valence electrons. The van der Waals surface area contributed by atoms with Crippen molar-refractivity contribution in [3.63, 3.8) is 0 Å².